The van der Waals surface area contributed by atoms with E-state index in [-0.39, 0.29) is 23.9 Å². The summed E-state index contributed by atoms with van der Waals surface area (Å²) in [6, 6.07) is 9.54. The van der Waals surface area contributed by atoms with Crippen molar-refractivity contribution in [2.45, 2.75) is 37.9 Å². The number of oxime groups is 1. The van der Waals surface area contributed by atoms with E-state index in [0.29, 0.717) is 12.8 Å². The molecule has 0 heterocycles. The van der Waals surface area contributed by atoms with Gasteiger partial charge >= 0.3 is 5.97 Å². The highest BCUT2D eigenvalue weighted by Crippen LogP contribution is 2.49. The molecule has 24 heavy (non-hydrogen) atoms. The van der Waals surface area contributed by atoms with Crippen molar-refractivity contribution in [2.75, 3.05) is 6.61 Å². The van der Waals surface area contributed by atoms with Crippen LogP contribution in [0.1, 0.15) is 37.4 Å². The summed E-state index contributed by atoms with van der Waals surface area (Å²) in [4.78, 5) is 15.2. The molecule has 5 unspecified atom stereocenters. The largest absolute Gasteiger partial charge is 0.479 e. The first-order valence-corrected chi connectivity index (χ1v) is 8.38. The van der Waals surface area contributed by atoms with Gasteiger partial charge in [-0.3, -0.25) is 0 Å². The number of aliphatic hydroxyl groups is 2. The molecule has 2 aliphatic carbocycles. The summed E-state index contributed by atoms with van der Waals surface area (Å²) in [5, 5.41) is 33.1. The van der Waals surface area contributed by atoms with E-state index in [1.165, 1.54) is 0 Å². The molecule has 0 aliphatic heterocycles. The third kappa shape index (κ3) is 3.60. The Morgan fingerprint density at radius 2 is 2.08 bits per heavy atom. The maximum atomic E-state index is 10.4. The third-order valence-corrected chi connectivity index (χ3v) is 5.23. The SMILES string of the molecule is O=C(O)CON=C1CC2C1CC(CCC(O)c1ccccc1)C2O. The Morgan fingerprint density at radius 1 is 1.33 bits per heavy atom. The second kappa shape index (κ2) is 7.32. The lowest BCUT2D eigenvalue weighted by atomic mass is 9.73. The lowest BCUT2D eigenvalue weighted by Crippen LogP contribution is -2.38. The highest BCUT2D eigenvalue weighted by Gasteiger charge is 2.51. The molecule has 6 nitrogen and oxygen atoms in total. The van der Waals surface area contributed by atoms with Gasteiger partial charge in [0.2, 0.25) is 6.61 Å². The first kappa shape index (κ1) is 16.9. The van der Waals surface area contributed by atoms with E-state index >= 15 is 0 Å². The molecule has 0 amide bonds. The normalized spacial score (nSPS) is 31.3. The number of aliphatic hydroxyl groups excluding tert-OH is 2. The van der Waals surface area contributed by atoms with Crippen LogP contribution in [-0.4, -0.2) is 39.7 Å². The monoisotopic (exact) mass is 333 g/mol. The third-order valence-electron chi connectivity index (χ3n) is 5.23. The number of hydrogen-bond acceptors (Lipinski definition) is 5. The van der Waals surface area contributed by atoms with Gasteiger partial charge in [-0.05, 0) is 43.1 Å². The Balaban J connectivity index is 1.49. The number of hydrogen-bond donors (Lipinski definition) is 3. The highest BCUT2D eigenvalue weighted by atomic mass is 16.6. The van der Waals surface area contributed by atoms with Gasteiger partial charge in [0.15, 0.2) is 0 Å². The number of carboxylic acids is 1. The summed E-state index contributed by atoms with van der Waals surface area (Å²) in [6.45, 7) is -0.434. The Morgan fingerprint density at radius 3 is 2.79 bits per heavy atom. The number of carbonyl (C=O) groups is 1. The molecule has 0 radical (unpaired) electrons. The number of rotatable bonds is 7. The van der Waals surface area contributed by atoms with Crippen LogP contribution >= 0.6 is 0 Å². The number of nitrogens with zero attached hydrogens (tertiary/aromatic N) is 1. The predicted molar refractivity (Wildman–Crippen MR) is 87.4 cm³/mol. The number of fused-ring (bicyclic) bond motifs is 1. The van der Waals surface area contributed by atoms with Gasteiger partial charge in [-0.2, -0.15) is 0 Å². The average Bonchev–Trinajstić information content (AvgIpc) is 2.81. The van der Waals surface area contributed by atoms with E-state index in [1.54, 1.807) is 0 Å². The number of aliphatic carboxylic acids is 1. The summed E-state index contributed by atoms with van der Waals surface area (Å²) in [7, 11) is 0. The van der Waals surface area contributed by atoms with Gasteiger partial charge in [0, 0.05) is 5.92 Å². The maximum Gasteiger partial charge on any atom is 0.344 e. The number of carboxylic acid groups (broad SMARTS) is 1. The van der Waals surface area contributed by atoms with Crippen LogP contribution in [0.15, 0.2) is 35.5 Å². The van der Waals surface area contributed by atoms with E-state index in [9.17, 15) is 15.0 Å². The summed E-state index contributed by atoms with van der Waals surface area (Å²) in [5.41, 5.74) is 1.75. The molecule has 1 aromatic rings. The molecule has 0 aromatic heterocycles. The smallest absolute Gasteiger partial charge is 0.344 e. The van der Waals surface area contributed by atoms with Crippen LogP contribution < -0.4 is 0 Å². The van der Waals surface area contributed by atoms with Gasteiger partial charge in [-0.1, -0.05) is 35.5 Å². The van der Waals surface area contributed by atoms with Crippen molar-refractivity contribution in [3.05, 3.63) is 35.9 Å². The summed E-state index contributed by atoms with van der Waals surface area (Å²) >= 11 is 0. The summed E-state index contributed by atoms with van der Waals surface area (Å²) in [5.74, 6) is -0.524. The van der Waals surface area contributed by atoms with E-state index in [1.807, 2.05) is 30.3 Å². The topological polar surface area (TPSA) is 99.4 Å². The Bertz CT molecular complexity index is 603. The van der Waals surface area contributed by atoms with Crippen LogP contribution in [0.4, 0.5) is 0 Å². The van der Waals surface area contributed by atoms with Crippen molar-refractivity contribution in [1.82, 2.24) is 0 Å². The zero-order valence-electron chi connectivity index (χ0n) is 13.4. The Kier molecular flexibility index (Phi) is 5.16. The van der Waals surface area contributed by atoms with Crippen LogP contribution in [0.25, 0.3) is 0 Å². The predicted octanol–water partition coefficient (Wildman–Crippen LogP) is 1.97. The first-order chi connectivity index (χ1) is 11.6. The maximum absolute atomic E-state index is 10.4. The van der Waals surface area contributed by atoms with E-state index in [4.69, 9.17) is 9.94 Å². The molecule has 0 saturated heterocycles. The van der Waals surface area contributed by atoms with Crippen LogP contribution in [-0.2, 0) is 9.63 Å². The minimum atomic E-state index is -1.05. The Labute approximate surface area is 140 Å². The van der Waals surface area contributed by atoms with E-state index in [0.717, 1.165) is 24.1 Å². The molecule has 0 spiro atoms. The molecule has 2 saturated carbocycles. The zero-order valence-corrected chi connectivity index (χ0v) is 13.4. The van der Waals surface area contributed by atoms with Crippen molar-refractivity contribution in [3.8, 4) is 0 Å². The Hall–Kier alpha value is -1.92. The van der Waals surface area contributed by atoms with Gasteiger partial charge in [0.1, 0.15) is 0 Å². The van der Waals surface area contributed by atoms with Crippen LogP contribution in [0.3, 0.4) is 0 Å². The molecule has 2 aliphatic rings. The molecule has 5 atom stereocenters. The van der Waals surface area contributed by atoms with Crippen LogP contribution in [0, 0.1) is 17.8 Å². The molecule has 130 valence electrons. The fraction of sp³-hybridized carbons (Fsp3) is 0.556. The van der Waals surface area contributed by atoms with Gasteiger partial charge in [0.05, 0.1) is 17.9 Å². The molecule has 3 N–H and O–H groups in total. The van der Waals surface area contributed by atoms with Gasteiger partial charge in [-0.25, -0.2) is 4.79 Å². The first-order valence-electron chi connectivity index (χ1n) is 8.38. The van der Waals surface area contributed by atoms with Gasteiger partial charge in [-0.15, -0.1) is 0 Å². The van der Waals surface area contributed by atoms with Crippen LogP contribution in [0.2, 0.25) is 0 Å². The second-order valence-electron chi connectivity index (χ2n) is 6.71. The van der Waals surface area contributed by atoms with Crippen molar-refractivity contribution in [1.29, 1.82) is 0 Å². The average molecular weight is 333 g/mol. The van der Waals surface area contributed by atoms with Crippen molar-refractivity contribution in [2.24, 2.45) is 22.9 Å². The molecular formula is C18H23NO5. The summed E-state index contributed by atoms with van der Waals surface area (Å²) < 4.78 is 0. The van der Waals surface area contributed by atoms with Crippen LogP contribution in [0.5, 0.6) is 0 Å². The fourth-order valence-electron chi connectivity index (χ4n) is 3.88. The van der Waals surface area contributed by atoms with Crippen molar-refractivity contribution in [3.63, 3.8) is 0 Å². The van der Waals surface area contributed by atoms with E-state index in [2.05, 4.69) is 5.16 Å². The fourth-order valence-corrected chi connectivity index (χ4v) is 3.88. The lowest BCUT2D eigenvalue weighted by molar-refractivity contribution is -0.142. The molecule has 1 aromatic carbocycles. The second-order valence-corrected chi connectivity index (χ2v) is 6.71. The van der Waals surface area contributed by atoms with Crippen molar-refractivity contribution >= 4 is 11.7 Å². The minimum absolute atomic E-state index is 0.144. The quantitative estimate of drug-likeness (QED) is 0.663. The lowest BCUT2D eigenvalue weighted by Gasteiger charge is -2.33. The summed E-state index contributed by atoms with van der Waals surface area (Å²) in [6.07, 6.45) is 1.98. The molecule has 0 bridgehead atoms. The molecular weight excluding hydrogens is 310 g/mol. The minimum Gasteiger partial charge on any atom is -0.479 e. The standard InChI is InChI=1S/C18H23NO5/c20-16(11-4-2-1-3-5-11)7-6-12-8-13-14(18(12)23)9-15(13)19-24-10-17(21)22/h1-5,12-14,16,18,20,23H,6-10H2,(H,21,22). The van der Waals surface area contributed by atoms with Gasteiger partial charge in [0.25, 0.3) is 0 Å². The van der Waals surface area contributed by atoms with Gasteiger partial charge < -0.3 is 20.2 Å². The molecule has 2 fully saturated rings. The number of benzene rings is 1. The molecule has 6 heteroatoms. The van der Waals surface area contributed by atoms with Crippen molar-refractivity contribution < 1.29 is 25.0 Å². The molecule has 3 rings (SSSR count). The highest BCUT2D eigenvalue weighted by molar-refractivity contribution is 5.93. The zero-order chi connectivity index (χ0) is 17.1. The van der Waals surface area contributed by atoms with E-state index < -0.39 is 18.7 Å².